The molecule has 0 aliphatic heterocycles. The van der Waals surface area contributed by atoms with Crippen molar-refractivity contribution in [3.8, 4) is 16.9 Å². The Kier molecular flexibility index (Phi) is 24.7. The van der Waals surface area contributed by atoms with E-state index in [-0.39, 0.29) is 0 Å². The summed E-state index contributed by atoms with van der Waals surface area (Å²) in [4.78, 5) is 4.16. The highest BCUT2D eigenvalue weighted by Crippen LogP contribution is 2.28. The summed E-state index contributed by atoms with van der Waals surface area (Å²) in [7, 11) is 1.67. The maximum Gasteiger partial charge on any atom is 0.130 e. The molecule has 15 rings (SSSR count). The Morgan fingerprint density at radius 1 is 0.223 bits per heavy atom. The summed E-state index contributed by atoms with van der Waals surface area (Å²) in [6.07, 6.45) is 1.77. The number of aromatic nitrogens is 1. The Labute approximate surface area is 553 Å². The van der Waals surface area contributed by atoms with Crippen LogP contribution in [0.1, 0.15) is 0 Å². The molecule has 0 amide bonds. The second kappa shape index (κ2) is 36.1. The highest BCUT2D eigenvalue weighted by molar-refractivity contribution is 5.95. The molecule has 0 aliphatic rings. The van der Waals surface area contributed by atoms with Gasteiger partial charge in [-0.2, -0.15) is 0 Å². The van der Waals surface area contributed by atoms with E-state index in [0.717, 1.165) is 74.1 Å². The van der Waals surface area contributed by atoms with Crippen LogP contribution in [-0.2, 0) is 0 Å². The number of methoxy groups -OCH3 is 1. The first kappa shape index (κ1) is 64.3. The van der Waals surface area contributed by atoms with Crippen molar-refractivity contribution in [1.82, 2.24) is 4.98 Å². The van der Waals surface area contributed by atoms with Crippen molar-refractivity contribution in [3.05, 3.63) is 401 Å². The van der Waals surface area contributed by atoms with Crippen molar-refractivity contribution in [2.45, 2.75) is 0 Å². The van der Waals surface area contributed by atoms with Crippen molar-refractivity contribution >= 4 is 89.9 Å². The van der Waals surface area contributed by atoms with Gasteiger partial charge in [0.15, 0.2) is 0 Å². The van der Waals surface area contributed by atoms with Crippen LogP contribution in [0.15, 0.2) is 401 Å². The molecule has 0 unspecified atom stereocenters. The fraction of sp³-hybridized carbons (Fsp3) is 0.0116. The highest BCUT2D eigenvalue weighted by Gasteiger charge is 2.02. The number of rotatable bonds is 14. The maximum atomic E-state index is 5.09. The lowest BCUT2D eigenvalue weighted by atomic mass is 10.1. The zero-order chi connectivity index (χ0) is 64.3. The molecule has 0 aliphatic carbocycles. The van der Waals surface area contributed by atoms with Crippen LogP contribution >= 0.6 is 0 Å². The van der Waals surface area contributed by atoms with Crippen LogP contribution in [0.3, 0.4) is 0 Å². The van der Waals surface area contributed by atoms with Gasteiger partial charge in [0.2, 0.25) is 0 Å². The molecule has 8 nitrogen and oxygen atoms in total. The van der Waals surface area contributed by atoms with Crippen LogP contribution in [0.2, 0.25) is 0 Å². The van der Waals surface area contributed by atoms with Crippen molar-refractivity contribution in [1.29, 1.82) is 0 Å². The SMILES string of the molecule is COc1ccc(Nc2ccccc2)cc1.c1ccc(Nc2ccc(-c3ccccc3)cc2)cc1.c1ccc(Nc2ccc3ccccc3c2)cc1.c1ccc(Nc2cccc3ccccc23)cc1.c1ccc(Nc2ccccc2)cc1.c1ccc(Nc2ccccn2)cc1. The zero-order valence-electron chi connectivity index (χ0n) is 52.5. The third-order valence-electron chi connectivity index (χ3n) is 14.4. The third kappa shape index (κ3) is 21.5. The van der Waals surface area contributed by atoms with Crippen molar-refractivity contribution in [2.75, 3.05) is 39.0 Å². The Hall–Kier alpha value is -12.7. The van der Waals surface area contributed by atoms with E-state index >= 15 is 0 Å². The number of fused-ring (bicyclic) bond motifs is 2. The third-order valence-corrected chi connectivity index (χ3v) is 14.4. The van der Waals surface area contributed by atoms with E-state index < -0.39 is 0 Å². The summed E-state index contributed by atoms with van der Waals surface area (Å²) < 4.78 is 5.09. The van der Waals surface area contributed by atoms with Gasteiger partial charge in [0.25, 0.3) is 0 Å². The largest absolute Gasteiger partial charge is 0.497 e. The van der Waals surface area contributed by atoms with Crippen LogP contribution < -0.4 is 36.6 Å². The molecule has 1 aromatic heterocycles. The summed E-state index contributed by atoms with van der Waals surface area (Å²) in [6, 6.07) is 133. The molecule has 0 saturated heterocycles. The number of nitrogens with one attached hydrogen (secondary N) is 6. The van der Waals surface area contributed by atoms with E-state index in [1.54, 1.807) is 13.3 Å². The molecule has 0 bridgehead atoms. The normalized spacial score (nSPS) is 9.97. The van der Waals surface area contributed by atoms with Crippen LogP contribution in [0.25, 0.3) is 32.7 Å². The van der Waals surface area contributed by atoms with Gasteiger partial charge in [-0.3, -0.25) is 0 Å². The number of benzene rings is 14. The number of anilines is 12. The number of hydrogen-bond donors (Lipinski definition) is 6. The van der Waals surface area contributed by atoms with E-state index in [4.69, 9.17) is 4.74 Å². The van der Waals surface area contributed by atoms with Crippen molar-refractivity contribution in [2.24, 2.45) is 0 Å². The van der Waals surface area contributed by atoms with Crippen LogP contribution in [0.4, 0.5) is 68.4 Å². The van der Waals surface area contributed by atoms with Crippen LogP contribution in [0, 0.1) is 0 Å². The second-order valence-corrected chi connectivity index (χ2v) is 21.3. The zero-order valence-corrected chi connectivity index (χ0v) is 52.5. The van der Waals surface area contributed by atoms with Gasteiger partial charge in [-0.1, -0.05) is 243 Å². The Bertz CT molecular complexity index is 4360. The lowest BCUT2D eigenvalue weighted by molar-refractivity contribution is 0.415. The smallest absolute Gasteiger partial charge is 0.130 e. The Morgan fingerprint density at radius 2 is 0.553 bits per heavy atom. The van der Waals surface area contributed by atoms with Gasteiger partial charge < -0.3 is 36.6 Å². The van der Waals surface area contributed by atoms with E-state index in [1.807, 2.05) is 224 Å². The summed E-state index contributed by atoms with van der Waals surface area (Å²) in [5, 5.41) is 25.1. The number of hydrogen-bond acceptors (Lipinski definition) is 8. The Morgan fingerprint density at radius 3 is 1.00 bits per heavy atom. The standard InChI is InChI=1S/C18H15N.2C16H13N.C13H13NO.C12H11N.C11H10N2/c1-3-7-15(8-4-1)16-11-13-18(14-12-16)19-17-9-5-2-6-10-17;1-2-9-14(10-3-1)17-16-12-6-8-13-7-4-5-11-15(13)16;1-2-8-15(9-3-1)17-16-11-10-13-6-4-5-7-14(13)12-16;1-15-13-9-7-12(8-10-13)14-11-5-3-2-4-6-11;1-3-7-11(8-4-1)13-12-9-5-2-6-10-12;1-2-6-10(7-3-1)13-11-8-4-5-9-12-11/h1-14,19H;2*1-12,17H;2-10,14H,1H3;1-10,13H;1-9H,(H,12,13). The van der Waals surface area contributed by atoms with Crippen LogP contribution in [-0.4, -0.2) is 12.1 Å². The fourth-order valence-electron chi connectivity index (χ4n) is 9.71. The average Bonchev–Trinajstić information content (AvgIpc) is 1.05. The number of nitrogens with zero attached hydrogens (tertiary/aromatic N) is 1. The molecule has 14 aromatic carbocycles. The molecule has 0 atom stereocenters. The molecular weight excluding hydrogens is 1150 g/mol. The van der Waals surface area contributed by atoms with E-state index in [0.29, 0.717) is 0 Å². The summed E-state index contributed by atoms with van der Waals surface area (Å²) in [5.74, 6) is 1.74. The highest BCUT2D eigenvalue weighted by atomic mass is 16.5. The van der Waals surface area contributed by atoms with Crippen molar-refractivity contribution < 1.29 is 4.74 Å². The minimum Gasteiger partial charge on any atom is -0.497 e. The molecule has 460 valence electrons. The molecule has 0 fully saturated rings. The molecule has 6 N–H and O–H groups in total. The van der Waals surface area contributed by atoms with Gasteiger partial charge in [-0.15, -0.1) is 0 Å². The van der Waals surface area contributed by atoms with Gasteiger partial charge in [-0.25, -0.2) is 4.98 Å². The first-order valence-corrected chi connectivity index (χ1v) is 31.2. The quantitative estimate of drug-likeness (QED) is 0.0641. The van der Waals surface area contributed by atoms with Gasteiger partial charge in [0, 0.05) is 74.1 Å². The summed E-state index contributed by atoms with van der Waals surface area (Å²) in [6.45, 7) is 0. The molecule has 15 aromatic rings. The summed E-state index contributed by atoms with van der Waals surface area (Å²) >= 11 is 0. The minimum atomic E-state index is 0.869. The minimum absolute atomic E-state index is 0.869. The predicted octanol–water partition coefficient (Wildman–Crippen LogP) is 24.0. The van der Waals surface area contributed by atoms with Gasteiger partial charge >= 0.3 is 0 Å². The van der Waals surface area contributed by atoms with Gasteiger partial charge in [0.1, 0.15) is 11.6 Å². The maximum absolute atomic E-state index is 5.09. The number of para-hydroxylation sites is 7. The molecule has 94 heavy (non-hydrogen) atoms. The number of pyridine rings is 1. The predicted molar refractivity (Wildman–Crippen MR) is 402 cm³/mol. The Balaban J connectivity index is 0.000000124. The van der Waals surface area contributed by atoms with Crippen molar-refractivity contribution in [3.63, 3.8) is 0 Å². The fourth-order valence-corrected chi connectivity index (χ4v) is 9.71. The monoisotopic (exact) mass is 1220 g/mol. The molecule has 0 saturated carbocycles. The molecule has 1 heterocycles. The molecular formula is C86H75N7O. The molecule has 0 radical (unpaired) electrons. The van der Waals surface area contributed by atoms with E-state index in [9.17, 15) is 0 Å². The van der Waals surface area contributed by atoms with Crippen LogP contribution in [0.5, 0.6) is 5.75 Å². The van der Waals surface area contributed by atoms with Gasteiger partial charge in [-0.05, 0) is 179 Å². The van der Waals surface area contributed by atoms with E-state index in [2.05, 4.69) is 207 Å². The number of ether oxygens (including phenoxy) is 1. The van der Waals surface area contributed by atoms with E-state index in [1.165, 1.54) is 32.7 Å². The first-order chi connectivity index (χ1) is 46.5. The van der Waals surface area contributed by atoms with Gasteiger partial charge in [0.05, 0.1) is 7.11 Å². The summed E-state index contributed by atoms with van der Waals surface area (Å²) in [5.41, 5.74) is 14.6. The second-order valence-electron chi connectivity index (χ2n) is 21.3. The first-order valence-electron chi connectivity index (χ1n) is 31.2. The lowest BCUT2D eigenvalue weighted by Crippen LogP contribution is -1.91. The molecule has 8 heteroatoms. The topological polar surface area (TPSA) is 94.3 Å². The molecule has 0 spiro atoms. The lowest BCUT2D eigenvalue weighted by Gasteiger charge is -2.09. The average molecular weight is 1220 g/mol.